The monoisotopic (exact) mass is 271 g/mol. The Morgan fingerprint density at radius 2 is 1.84 bits per heavy atom. The van der Waals surface area contributed by atoms with Crippen molar-refractivity contribution in [1.82, 2.24) is 5.32 Å². The topological polar surface area (TPSA) is 60.0 Å². The molecule has 0 bridgehead atoms. The van der Waals surface area contributed by atoms with Gasteiger partial charge >= 0.3 is 0 Å². The van der Waals surface area contributed by atoms with Crippen molar-refractivity contribution in [3.63, 3.8) is 0 Å². The third-order valence-corrected chi connectivity index (χ3v) is 4.82. The lowest BCUT2D eigenvalue weighted by Crippen LogP contribution is -2.59. The molecule has 0 radical (unpaired) electrons. The quantitative estimate of drug-likeness (QED) is 0.781. The van der Waals surface area contributed by atoms with Gasteiger partial charge in [0, 0.05) is 44.4 Å². The van der Waals surface area contributed by atoms with E-state index < -0.39 is 0 Å². The molecule has 2 N–H and O–H groups in total. The molecule has 0 aromatic heterocycles. The molecule has 0 aromatic rings. The molecule has 0 aliphatic carbocycles. The highest BCUT2D eigenvalue weighted by molar-refractivity contribution is 4.98. The highest BCUT2D eigenvalue weighted by atomic mass is 16.6. The second-order valence-electron chi connectivity index (χ2n) is 6.22. The summed E-state index contributed by atoms with van der Waals surface area (Å²) in [4.78, 5) is 0. The van der Waals surface area contributed by atoms with Crippen LogP contribution in [0.4, 0.5) is 0 Å². The summed E-state index contributed by atoms with van der Waals surface area (Å²) in [7, 11) is 0. The smallest absolute Gasteiger partial charge is 0.0951 e. The second-order valence-corrected chi connectivity index (χ2v) is 6.22. The first-order chi connectivity index (χ1) is 9.26. The molecule has 3 aliphatic rings. The van der Waals surface area contributed by atoms with E-state index in [2.05, 4.69) is 5.32 Å². The zero-order chi connectivity index (χ0) is 13.2. The lowest BCUT2D eigenvalue weighted by atomic mass is 9.85. The van der Waals surface area contributed by atoms with Gasteiger partial charge in [-0.25, -0.2) is 0 Å². The Labute approximate surface area is 114 Å². The van der Waals surface area contributed by atoms with Gasteiger partial charge in [-0.1, -0.05) is 0 Å². The standard InChI is InChI=1S/C14H25NO4/c16-10-13(2-6-17-7-3-13)15-12-1-5-19-14(9-12)4-8-18-11-14/h12,15-16H,1-11H2. The van der Waals surface area contributed by atoms with Crippen molar-refractivity contribution in [1.29, 1.82) is 0 Å². The van der Waals surface area contributed by atoms with Crippen LogP contribution in [0.5, 0.6) is 0 Å². The van der Waals surface area contributed by atoms with Crippen LogP contribution in [0.3, 0.4) is 0 Å². The Morgan fingerprint density at radius 3 is 2.53 bits per heavy atom. The summed E-state index contributed by atoms with van der Waals surface area (Å²) in [5.74, 6) is 0. The van der Waals surface area contributed by atoms with E-state index in [0.717, 1.165) is 65.1 Å². The summed E-state index contributed by atoms with van der Waals surface area (Å²) in [6.45, 7) is 4.00. The minimum atomic E-state index is -0.152. The van der Waals surface area contributed by atoms with Crippen molar-refractivity contribution in [3.05, 3.63) is 0 Å². The third kappa shape index (κ3) is 2.95. The number of nitrogens with one attached hydrogen (secondary N) is 1. The van der Waals surface area contributed by atoms with Crippen LogP contribution in [0.15, 0.2) is 0 Å². The molecule has 5 heteroatoms. The van der Waals surface area contributed by atoms with Crippen molar-refractivity contribution in [3.8, 4) is 0 Å². The summed E-state index contributed by atoms with van der Waals surface area (Å²) in [6.07, 6.45) is 4.80. The molecule has 19 heavy (non-hydrogen) atoms. The van der Waals surface area contributed by atoms with E-state index in [-0.39, 0.29) is 17.7 Å². The average molecular weight is 271 g/mol. The summed E-state index contributed by atoms with van der Waals surface area (Å²) >= 11 is 0. The summed E-state index contributed by atoms with van der Waals surface area (Å²) < 4.78 is 16.9. The van der Waals surface area contributed by atoms with Gasteiger partial charge in [0.05, 0.1) is 18.8 Å². The molecular weight excluding hydrogens is 246 g/mol. The van der Waals surface area contributed by atoms with Crippen LogP contribution in [-0.2, 0) is 14.2 Å². The Kier molecular flexibility index (Phi) is 4.10. The molecule has 3 aliphatic heterocycles. The predicted octanol–water partition coefficient (Wildman–Crippen LogP) is 0.456. The molecule has 0 saturated carbocycles. The molecule has 2 unspecified atom stereocenters. The summed E-state index contributed by atoms with van der Waals surface area (Å²) in [5.41, 5.74) is -0.224. The average Bonchev–Trinajstić information content (AvgIpc) is 2.88. The maximum Gasteiger partial charge on any atom is 0.0951 e. The first kappa shape index (κ1) is 13.8. The first-order valence-electron chi connectivity index (χ1n) is 7.44. The molecule has 3 saturated heterocycles. The van der Waals surface area contributed by atoms with Gasteiger partial charge in [-0.05, 0) is 25.7 Å². The Hall–Kier alpha value is -0.200. The molecule has 3 rings (SSSR count). The predicted molar refractivity (Wildman–Crippen MR) is 70.1 cm³/mol. The van der Waals surface area contributed by atoms with Crippen molar-refractivity contribution in [2.45, 2.75) is 49.3 Å². The van der Waals surface area contributed by atoms with Gasteiger partial charge in [0.25, 0.3) is 0 Å². The largest absolute Gasteiger partial charge is 0.394 e. The van der Waals surface area contributed by atoms with E-state index in [9.17, 15) is 5.11 Å². The van der Waals surface area contributed by atoms with E-state index >= 15 is 0 Å². The Morgan fingerprint density at radius 1 is 1.05 bits per heavy atom. The van der Waals surface area contributed by atoms with Crippen molar-refractivity contribution in [2.75, 3.05) is 39.6 Å². The van der Waals surface area contributed by atoms with Gasteiger partial charge in [0.2, 0.25) is 0 Å². The van der Waals surface area contributed by atoms with E-state index in [4.69, 9.17) is 14.2 Å². The van der Waals surface area contributed by atoms with E-state index in [0.29, 0.717) is 6.04 Å². The van der Waals surface area contributed by atoms with Crippen molar-refractivity contribution in [2.24, 2.45) is 0 Å². The van der Waals surface area contributed by atoms with Crippen LogP contribution in [0, 0.1) is 0 Å². The number of hydrogen-bond donors (Lipinski definition) is 2. The molecule has 3 fully saturated rings. The van der Waals surface area contributed by atoms with E-state index in [1.54, 1.807) is 0 Å². The molecule has 110 valence electrons. The fourth-order valence-electron chi connectivity index (χ4n) is 3.56. The lowest BCUT2D eigenvalue weighted by molar-refractivity contribution is -0.0970. The van der Waals surface area contributed by atoms with Crippen molar-refractivity contribution < 1.29 is 19.3 Å². The molecule has 0 amide bonds. The number of hydrogen-bond acceptors (Lipinski definition) is 5. The van der Waals surface area contributed by atoms with Crippen LogP contribution in [0.2, 0.25) is 0 Å². The van der Waals surface area contributed by atoms with Crippen molar-refractivity contribution >= 4 is 0 Å². The fraction of sp³-hybridized carbons (Fsp3) is 1.00. The molecule has 0 aromatic carbocycles. The zero-order valence-electron chi connectivity index (χ0n) is 11.5. The van der Waals surface area contributed by atoms with Gasteiger partial charge in [0.15, 0.2) is 0 Å². The minimum Gasteiger partial charge on any atom is -0.394 e. The second kappa shape index (κ2) is 5.66. The van der Waals surface area contributed by atoms with E-state index in [1.807, 2.05) is 0 Å². The van der Waals surface area contributed by atoms with Gasteiger partial charge in [-0.15, -0.1) is 0 Å². The molecule has 2 atom stereocenters. The molecule has 1 spiro atoms. The molecule has 3 heterocycles. The highest BCUT2D eigenvalue weighted by Gasteiger charge is 2.43. The van der Waals surface area contributed by atoms with Crippen LogP contribution in [0.25, 0.3) is 0 Å². The lowest BCUT2D eigenvalue weighted by Gasteiger charge is -2.44. The SMILES string of the molecule is OCC1(NC2CCOC3(CCOC3)C2)CCOCC1. The zero-order valence-corrected chi connectivity index (χ0v) is 11.5. The maximum atomic E-state index is 9.76. The van der Waals surface area contributed by atoms with Gasteiger partial charge in [-0.2, -0.15) is 0 Å². The summed E-state index contributed by atoms with van der Waals surface area (Å²) in [6, 6.07) is 0.417. The number of aliphatic hydroxyl groups excluding tert-OH is 1. The van der Waals surface area contributed by atoms with Crippen LogP contribution >= 0.6 is 0 Å². The third-order valence-electron chi connectivity index (χ3n) is 4.82. The Bertz CT molecular complexity index is 298. The normalized spacial score (nSPS) is 38.7. The number of ether oxygens (including phenoxy) is 3. The first-order valence-corrected chi connectivity index (χ1v) is 7.44. The summed E-state index contributed by atoms with van der Waals surface area (Å²) in [5, 5.41) is 13.5. The fourth-order valence-corrected chi connectivity index (χ4v) is 3.56. The van der Waals surface area contributed by atoms with Crippen LogP contribution in [-0.4, -0.2) is 61.9 Å². The van der Waals surface area contributed by atoms with Gasteiger partial charge in [-0.3, -0.25) is 0 Å². The number of aliphatic hydroxyl groups is 1. The number of rotatable bonds is 3. The van der Waals surface area contributed by atoms with Crippen LogP contribution < -0.4 is 5.32 Å². The van der Waals surface area contributed by atoms with Gasteiger partial charge < -0.3 is 24.6 Å². The minimum absolute atomic E-state index is 0.0717. The highest BCUT2D eigenvalue weighted by Crippen LogP contribution is 2.34. The van der Waals surface area contributed by atoms with Gasteiger partial charge in [0.1, 0.15) is 0 Å². The molecule has 5 nitrogen and oxygen atoms in total. The molecular formula is C14H25NO4. The van der Waals surface area contributed by atoms with E-state index in [1.165, 1.54) is 0 Å². The van der Waals surface area contributed by atoms with Crippen LogP contribution in [0.1, 0.15) is 32.1 Å². The maximum absolute atomic E-state index is 9.76. The Balaban J connectivity index is 1.61.